The van der Waals surface area contributed by atoms with E-state index in [-0.39, 0.29) is 0 Å². The Labute approximate surface area is 157 Å². The van der Waals surface area contributed by atoms with Crippen LogP contribution in [0, 0.1) is 0 Å². The molecule has 0 aliphatic rings. The van der Waals surface area contributed by atoms with Crippen LogP contribution in [0.4, 0.5) is 26.3 Å². The lowest BCUT2D eigenvalue weighted by Crippen LogP contribution is -2.04. The highest BCUT2D eigenvalue weighted by atomic mass is 19.4. The fourth-order valence-electron chi connectivity index (χ4n) is 2.72. The van der Waals surface area contributed by atoms with E-state index in [1.807, 2.05) is 0 Å². The van der Waals surface area contributed by atoms with Gasteiger partial charge in [-0.2, -0.15) is 26.3 Å². The van der Waals surface area contributed by atoms with Gasteiger partial charge in [-0.15, -0.1) is 0 Å². The molecule has 0 fully saturated rings. The lowest BCUT2D eigenvalue weighted by molar-refractivity contribution is -0.138. The molecule has 0 radical (unpaired) electrons. The van der Waals surface area contributed by atoms with Gasteiger partial charge in [0.15, 0.2) is 0 Å². The third-order valence-corrected chi connectivity index (χ3v) is 4.16. The highest BCUT2D eigenvalue weighted by molar-refractivity contribution is 5.91. The molecule has 0 N–H and O–H groups in total. The van der Waals surface area contributed by atoms with Crippen LogP contribution in [-0.2, 0) is 12.4 Å². The largest absolute Gasteiger partial charge is 0.416 e. The van der Waals surface area contributed by atoms with E-state index in [0.29, 0.717) is 16.7 Å². The van der Waals surface area contributed by atoms with E-state index in [4.69, 9.17) is 0 Å². The van der Waals surface area contributed by atoms with Crippen LogP contribution in [0.15, 0.2) is 78.9 Å². The second-order valence-electron chi connectivity index (χ2n) is 6.12. The molecule has 3 aromatic carbocycles. The maximum atomic E-state index is 12.8. The molecule has 0 saturated heterocycles. The van der Waals surface area contributed by atoms with Crippen molar-refractivity contribution in [1.29, 1.82) is 0 Å². The molecule has 0 aliphatic heterocycles. The van der Waals surface area contributed by atoms with E-state index in [9.17, 15) is 26.3 Å². The standard InChI is InChI=1S/C22H14F6/c23-21(24,25)18-10-6-15(7-11-18)14-20(16-4-2-1-3-5-16)17-8-12-19(13-9-17)22(26,27)28/h1-14H/b20-14-. The average Bonchev–Trinajstić information content (AvgIpc) is 2.66. The first-order valence-electron chi connectivity index (χ1n) is 8.26. The van der Waals surface area contributed by atoms with Crippen LogP contribution < -0.4 is 0 Å². The number of benzene rings is 3. The van der Waals surface area contributed by atoms with Crippen LogP contribution in [0.25, 0.3) is 11.6 Å². The van der Waals surface area contributed by atoms with Gasteiger partial charge in [0.1, 0.15) is 0 Å². The van der Waals surface area contributed by atoms with Crippen molar-refractivity contribution in [3.63, 3.8) is 0 Å². The van der Waals surface area contributed by atoms with Gasteiger partial charge in [0.25, 0.3) is 0 Å². The van der Waals surface area contributed by atoms with Gasteiger partial charge in [0.05, 0.1) is 11.1 Å². The molecular weight excluding hydrogens is 378 g/mol. The smallest absolute Gasteiger partial charge is 0.166 e. The van der Waals surface area contributed by atoms with Crippen LogP contribution in [0.2, 0.25) is 0 Å². The molecule has 0 unspecified atom stereocenters. The normalized spacial score (nSPS) is 12.9. The Morgan fingerprint density at radius 3 is 1.43 bits per heavy atom. The Morgan fingerprint density at radius 1 is 0.536 bits per heavy atom. The Bertz CT molecular complexity index is 947. The molecule has 0 heterocycles. The molecule has 144 valence electrons. The van der Waals surface area contributed by atoms with E-state index in [0.717, 1.165) is 29.8 Å². The first kappa shape index (κ1) is 19.7. The van der Waals surface area contributed by atoms with Crippen molar-refractivity contribution in [2.45, 2.75) is 12.4 Å². The Balaban J connectivity index is 2.04. The van der Waals surface area contributed by atoms with Crippen LogP contribution in [-0.4, -0.2) is 0 Å². The lowest BCUT2D eigenvalue weighted by atomic mass is 9.94. The van der Waals surface area contributed by atoms with Crippen LogP contribution in [0.1, 0.15) is 27.8 Å². The Kier molecular flexibility index (Phi) is 5.31. The van der Waals surface area contributed by atoms with Crippen molar-refractivity contribution < 1.29 is 26.3 Å². The summed E-state index contributed by atoms with van der Waals surface area (Å²) in [6, 6.07) is 18.2. The van der Waals surface area contributed by atoms with Crippen LogP contribution in [0.3, 0.4) is 0 Å². The van der Waals surface area contributed by atoms with Gasteiger partial charge >= 0.3 is 12.4 Å². The van der Waals surface area contributed by atoms with Gasteiger partial charge in [-0.3, -0.25) is 0 Å². The summed E-state index contributed by atoms with van der Waals surface area (Å²) in [4.78, 5) is 0. The molecule has 3 rings (SSSR count). The van der Waals surface area contributed by atoms with E-state index in [2.05, 4.69) is 0 Å². The van der Waals surface area contributed by atoms with E-state index in [1.165, 1.54) is 24.3 Å². The number of rotatable bonds is 3. The number of alkyl halides is 6. The van der Waals surface area contributed by atoms with E-state index < -0.39 is 23.5 Å². The van der Waals surface area contributed by atoms with Crippen molar-refractivity contribution in [3.05, 3.63) is 107 Å². The van der Waals surface area contributed by atoms with Crippen LogP contribution in [0.5, 0.6) is 0 Å². The monoisotopic (exact) mass is 392 g/mol. The molecule has 3 aromatic rings. The SMILES string of the molecule is FC(F)(F)c1ccc(/C=C(/c2ccccc2)c2ccc(C(F)(F)F)cc2)cc1. The summed E-state index contributed by atoms with van der Waals surface area (Å²) < 4.78 is 76.7. The quantitative estimate of drug-likeness (QED) is 0.324. The molecule has 0 spiro atoms. The van der Waals surface area contributed by atoms with Crippen molar-refractivity contribution in [3.8, 4) is 0 Å². The number of halogens is 6. The zero-order valence-corrected chi connectivity index (χ0v) is 14.4. The molecule has 0 bridgehead atoms. The molecule has 0 amide bonds. The highest BCUT2D eigenvalue weighted by Crippen LogP contribution is 2.33. The maximum absolute atomic E-state index is 12.8. The van der Waals surface area contributed by atoms with Crippen molar-refractivity contribution in [2.24, 2.45) is 0 Å². The van der Waals surface area contributed by atoms with E-state index >= 15 is 0 Å². The third-order valence-electron chi connectivity index (χ3n) is 4.16. The van der Waals surface area contributed by atoms with Crippen LogP contribution >= 0.6 is 0 Å². The molecular formula is C22H14F6. The topological polar surface area (TPSA) is 0 Å². The lowest BCUT2D eigenvalue weighted by Gasteiger charge is -2.12. The Morgan fingerprint density at radius 2 is 0.964 bits per heavy atom. The van der Waals surface area contributed by atoms with Gasteiger partial charge in [0, 0.05) is 0 Å². The second-order valence-corrected chi connectivity index (χ2v) is 6.12. The minimum absolute atomic E-state index is 0.506. The van der Waals surface area contributed by atoms with Gasteiger partial charge in [0.2, 0.25) is 0 Å². The molecule has 0 nitrogen and oxygen atoms in total. The predicted octanol–water partition coefficient (Wildman–Crippen LogP) is 7.31. The van der Waals surface area contributed by atoms with E-state index in [1.54, 1.807) is 36.4 Å². The first-order chi connectivity index (χ1) is 13.1. The minimum atomic E-state index is -4.44. The maximum Gasteiger partial charge on any atom is 0.416 e. The fourth-order valence-corrected chi connectivity index (χ4v) is 2.72. The van der Waals surface area contributed by atoms with Gasteiger partial charge in [-0.25, -0.2) is 0 Å². The molecule has 0 aromatic heterocycles. The van der Waals surface area contributed by atoms with Crippen molar-refractivity contribution >= 4 is 11.6 Å². The molecule has 0 atom stereocenters. The summed E-state index contributed by atoms with van der Waals surface area (Å²) in [6.45, 7) is 0. The molecule has 6 heteroatoms. The van der Waals surface area contributed by atoms with Crippen molar-refractivity contribution in [2.75, 3.05) is 0 Å². The third kappa shape index (κ3) is 4.63. The Hall–Kier alpha value is -3.02. The highest BCUT2D eigenvalue weighted by Gasteiger charge is 2.30. The predicted molar refractivity (Wildman–Crippen MR) is 96.3 cm³/mol. The minimum Gasteiger partial charge on any atom is -0.166 e. The second kappa shape index (κ2) is 7.54. The zero-order valence-electron chi connectivity index (χ0n) is 14.4. The van der Waals surface area contributed by atoms with Gasteiger partial charge < -0.3 is 0 Å². The van der Waals surface area contributed by atoms with Gasteiger partial charge in [-0.05, 0) is 52.6 Å². The average molecular weight is 392 g/mol. The molecule has 0 saturated carbocycles. The summed E-state index contributed by atoms with van der Waals surface area (Å²) >= 11 is 0. The van der Waals surface area contributed by atoms with Crippen molar-refractivity contribution in [1.82, 2.24) is 0 Å². The number of hydrogen-bond donors (Lipinski definition) is 0. The summed E-state index contributed by atoms with van der Waals surface area (Å²) in [5.41, 5.74) is 0.848. The summed E-state index contributed by atoms with van der Waals surface area (Å²) in [5, 5.41) is 0. The molecule has 0 aliphatic carbocycles. The summed E-state index contributed by atoms with van der Waals surface area (Å²) in [6.07, 6.45) is -7.22. The zero-order chi connectivity index (χ0) is 20.4. The molecule has 28 heavy (non-hydrogen) atoms. The first-order valence-corrected chi connectivity index (χ1v) is 8.26. The summed E-state index contributed by atoms with van der Waals surface area (Å²) in [5.74, 6) is 0. The number of hydrogen-bond acceptors (Lipinski definition) is 0. The summed E-state index contributed by atoms with van der Waals surface area (Å²) in [7, 11) is 0. The fraction of sp³-hybridized carbons (Fsp3) is 0.0909. The van der Waals surface area contributed by atoms with Gasteiger partial charge in [-0.1, -0.05) is 54.6 Å².